The van der Waals surface area contributed by atoms with Gasteiger partial charge in [0, 0.05) is 30.7 Å². The van der Waals surface area contributed by atoms with E-state index in [1.165, 1.54) is 0 Å². The van der Waals surface area contributed by atoms with Gasteiger partial charge in [-0.25, -0.2) is 15.0 Å². The van der Waals surface area contributed by atoms with E-state index in [2.05, 4.69) is 25.2 Å². The van der Waals surface area contributed by atoms with Crippen molar-refractivity contribution in [2.75, 3.05) is 18.0 Å². The van der Waals surface area contributed by atoms with Crippen LogP contribution in [-0.4, -0.2) is 45.0 Å². The number of pyridine rings is 1. The molecule has 3 aromatic rings. The summed E-state index contributed by atoms with van der Waals surface area (Å²) in [6.07, 6.45) is 5.56. The third kappa shape index (κ3) is 2.98. The van der Waals surface area contributed by atoms with Crippen molar-refractivity contribution in [3.63, 3.8) is 0 Å². The number of nitrogens with one attached hydrogen (secondary N) is 2. The Hall–Kier alpha value is -2.70. The Bertz CT molecular complexity index is 963. The highest BCUT2D eigenvalue weighted by molar-refractivity contribution is 6.09. The second kappa shape index (κ2) is 6.55. The third-order valence-electron chi connectivity index (χ3n) is 4.86. The summed E-state index contributed by atoms with van der Waals surface area (Å²) in [6.45, 7) is 7.46. The molecule has 4 heterocycles. The van der Waals surface area contributed by atoms with Crippen molar-refractivity contribution in [1.82, 2.24) is 25.3 Å². The molecule has 7 heteroatoms. The van der Waals surface area contributed by atoms with Crippen molar-refractivity contribution in [3.8, 4) is 0 Å². The topological polar surface area (TPSA) is 86.8 Å². The number of aromatic nitrogens is 4. The van der Waals surface area contributed by atoms with Gasteiger partial charge in [-0.05, 0) is 39.7 Å². The van der Waals surface area contributed by atoms with E-state index in [9.17, 15) is 4.79 Å². The summed E-state index contributed by atoms with van der Waals surface area (Å²) in [5.41, 5.74) is 1.67. The minimum atomic E-state index is -0.0139. The van der Waals surface area contributed by atoms with Gasteiger partial charge in [0.1, 0.15) is 17.3 Å². The Morgan fingerprint density at radius 3 is 3.04 bits per heavy atom. The van der Waals surface area contributed by atoms with Crippen LogP contribution < -0.4 is 10.2 Å². The summed E-state index contributed by atoms with van der Waals surface area (Å²) in [5, 5.41) is 5.07. The molecule has 2 N–H and O–H groups in total. The number of amides is 1. The highest BCUT2D eigenvalue weighted by atomic mass is 16.2. The van der Waals surface area contributed by atoms with Crippen LogP contribution in [0.4, 0.5) is 5.82 Å². The first kappa shape index (κ1) is 16.8. The third-order valence-corrected chi connectivity index (χ3v) is 4.86. The van der Waals surface area contributed by atoms with Crippen LogP contribution in [0.1, 0.15) is 32.5 Å². The Balaban J connectivity index is 1.75. The first-order chi connectivity index (χ1) is 12.5. The maximum Gasteiger partial charge on any atom is 0.225 e. The zero-order valence-corrected chi connectivity index (χ0v) is 15.4. The van der Waals surface area contributed by atoms with Gasteiger partial charge in [0.2, 0.25) is 5.91 Å². The van der Waals surface area contributed by atoms with Gasteiger partial charge in [-0.1, -0.05) is 0 Å². The average molecular weight is 352 g/mol. The predicted molar refractivity (Wildman–Crippen MR) is 102 cm³/mol. The van der Waals surface area contributed by atoms with Crippen molar-refractivity contribution >= 4 is 33.7 Å². The molecule has 3 aromatic heterocycles. The highest BCUT2D eigenvalue weighted by Crippen LogP contribution is 2.32. The van der Waals surface area contributed by atoms with E-state index in [4.69, 9.17) is 4.98 Å². The van der Waals surface area contributed by atoms with Crippen molar-refractivity contribution in [3.05, 3.63) is 24.3 Å². The molecule has 1 unspecified atom stereocenters. The lowest BCUT2D eigenvalue weighted by atomic mass is 9.96. The molecule has 1 aliphatic heterocycles. The molecule has 0 radical (unpaired) electrons. The van der Waals surface area contributed by atoms with Gasteiger partial charge < -0.3 is 15.2 Å². The van der Waals surface area contributed by atoms with Crippen LogP contribution in [0.15, 0.2) is 18.5 Å². The lowest BCUT2D eigenvalue weighted by molar-refractivity contribution is -0.125. The molecule has 26 heavy (non-hydrogen) atoms. The van der Waals surface area contributed by atoms with Crippen molar-refractivity contribution in [2.24, 2.45) is 5.92 Å². The molecule has 1 atom stereocenters. The minimum absolute atomic E-state index is 0.0139. The van der Waals surface area contributed by atoms with Gasteiger partial charge in [-0.2, -0.15) is 0 Å². The van der Waals surface area contributed by atoms with Crippen LogP contribution >= 0.6 is 0 Å². The SMILES string of the molecule is Cc1nc(N2CCCC(C(=O)NC(C)C)C2)c2c(cnc3[nH]ccc32)n1. The van der Waals surface area contributed by atoms with Crippen molar-refractivity contribution in [2.45, 2.75) is 39.7 Å². The molecule has 1 aliphatic rings. The lowest BCUT2D eigenvalue weighted by Crippen LogP contribution is -2.45. The fraction of sp³-hybridized carbons (Fsp3) is 0.474. The van der Waals surface area contributed by atoms with Crippen LogP contribution in [0.5, 0.6) is 0 Å². The van der Waals surface area contributed by atoms with Crippen molar-refractivity contribution < 1.29 is 4.79 Å². The van der Waals surface area contributed by atoms with E-state index >= 15 is 0 Å². The number of nitrogens with zero attached hydrogens (tertiary/aromatic N) is 4. The molecule has 0 bridgehead atoms. The summed E-state index contributed by atoms with van der Waals surface area (Å²) in [7, 11) is 0. The monoisotopic (exact) mass is 352 g/mol. The van der Waals surface area contributed by atoms with Gasteiger partial charge >= 0.3 is 0 Å². The number of piperidine rings is 1. The zero-order valence-electron chi connectivity index (χ0n) is 15.4. The zero-order chi connectivity index (χ0) is 18.3. The van der Waals surface area contributed by atoms with Crippen LogP contribution in [-0.2, 0) is 4.79 Å². The molecule has 4 rings (SSSR count). The largest absolute Gasteiger partial charge is 0.355 e. The molecular formula is C19H24N6O. The van der Waals surface area contributed by atoms with E-state index in [-0.39, 0.29) is 17.9 Å². The Kier molecular flexibility index (Phi) is 4.22. The molecular weight excluding hydrogens is 328 g/mol. The summed E-state index contributed by atoms with van der Waals surface area (Å²) >= 11 is 0. The fourth-order valence-electron chi connectivity index (χ4n) is 3.74. The number of rotatable bonds is 3. The fourth-order valence-corrected chi connectivity index (χ4v) is 3.74. The van der Waals surface area contributed by atoms with Gasteiger partial charge in [0.25, 0.3) is 0 Å². The van der Waals surface area contributed by atoms with Crippen LogP contribution in [0.3, 0.4) is 0 Å². The number of carbonyl (C=O) groups is 1. The van der Waals surface area contributed by atoms with E-state index < -0.39 is 0 Å². The number of aryl methyl sites for hydroxylation is 1. The van der Waals surface area contributed by atoms with Gasteiger partial charge in [-0.15, -0.1) is 0 Å². The normalized spacial score (nSPS) is 18.0. The number of fused-ring (bicyclic) bond motifs is 3. The number of hydrogen-bond acceptors (Lipinski definition) is 5. The first-order valence-electron chi connectivity index (χ1n) is 9.18. The van der Waals surface area contributed by atoms with Crippen LogP contribution in [0.25, 0.3) is 21.9 Å². The first-order valence-corrected chi connectivity index (χ1v) is 9.18. The van der Waals surface area contributed by atoms with Crippen molar-refractivity contribution in [1.29, 1.82) is 0 Å². The summed E-state index contributed by atoms with van der Waals surface area (Å²) in [4.78, 5) is 31.6. The van der Waals surface area contributed by atoms with E-state index in [1.807, 2.05) is 33.0 Å². The molecule has 0 aliphatic carbocycles. The van der Waals surface area contributed by atoms with Gasteiger partial charge in [-0.3, -0.25) is 4.79 Å². The molecule has 0 saturated carbocycles. The number of anilines is 1. The molecule has 1 amide bonds. The van der Waals surface area contributed by atoms with Crippen LogP contribution in [0, 0.1) is 12.8 Å². The maximum absolute atomic E-state index is 12.5. The van der Waals surface area contributed by atoms with E-state index in [0.717, 1.165) is 53.0 Å². The minimum Gasteiger partial charge on any atom is -0.355 e. The summed E-state index contributed by atoms with van der Waals surface area (Å²) < 4.78 is 0. The smallest absolute Gasteiger partial charge is 0.225 e. The highest BCUT2D eigenvalue weighted by Gasteiger charge is 2.28. The average Bonchev–Trinajstić information content (AvgIpc) is 3.09. The van der Waals surface area contributed by atoms with Gasteiger partial charge in [0.05, 0.1) is 23.0 Å². The molecule has 1 saturated heterocycles. The Morgan fingerprint density at radius 1 is 1.38 bits per heavy atom. The second-order valence-electron chi connectivity index (χ2n) is 7.30. The number of hydrogen-bond donors (Lipinski definition) is 2. The Labute approximate surface area is 152 Å². The Morgan fingerprint density at radius 2 is 2.23 bits per heavy atom. The quantitative estimate of drug-likeness (QED) is 0.756. The number of H-pyrrole nitrogens is 1. The summed E-state index contributed by atoms with van der Waals surface area (Å²) in [6, 6.07) is 2.17. The lowest BCUT2D eigenvalue weighted by Gasteiger charge is -2.34. The standard InChI is InChI=1S/C19H24N6O/c1-11(2)22-19(26)13-5-4-8-25(10-13)18-16-14-6-7-20-17(14)21-9-15(16)23-12(3)24-18/h6-7,9,11,13H,4-5,8,10H2,1-3H3,(H,20,21)(H,22,26). The summed E-state index contributed by atoms with van der Waals surface area (Å²) in [5.74, 6) is 1.74. The molecule has 0 aromatic carbocycles. The number of aromatic amines is 1. The second-order valence-corrected chi connectivity index (χ2v) is 7.30. The van der Waals surface area contributed by atoms with E-state index in [1.54, 1.807) is 6.20 Å². The molecule has 7 nitrogen and oxygen atoms in total. The number of carbonyl (C=O) groups excluding carboxylic acids is 1. The molecule has 136 valence electrons. The van der Waals surface area contributed by atoms with Gasteiger partial charge in [0.15, 0.2) is 0 Å². The van der Waals surface area contributed by atoms with Crippen LogP contribution in [0.2, 0.25) is 0 Å². The molecule has 1 fully saturated rings. The van der Waals surface area contributed by atoms with E-state index in [0.29, 0.717) is 6.54 Å². The maximum atomic E-state index is 12.5. The predicted octanol–water partition coefficient (Wildman–Crippen LogP) is 2.56. The molecule has 0 spiro atoms.